The van der Waals surface area contributed by atoms with Crippen molar-refractivity contribution in [1.82, 2.24) is 0 Å². The Bertz CT molecular complexity index is 940. The molecule has 0 aromatic heterocycles. The molecule has 2 aromatic rings. The van der Waals surface area contributed by atoms with Crippen LogP contribution in [0, 0.1) is 23.3 Å². The third kappa shape index (κ3) is 6.31. The molecule has 2 aromatic carbocycles. The summed E-state index contributed by atoms with van der Waals surface area (Å²) in [6.07, 6.45) is 0. The van der Waals surface area contributed by atoms with Gasteiger partial charge in [0.15, 0.2) is 23.2 Å². The Balaban J connectivity index is 0.000000960. The van der Waals surface area contributed by atoms with Crippen molar-refractivity contribution >= 4 is 12.4 Å². The van der Waals surface area contributed by atoms with Crippen molar-refractivity contribution in [2.24, 2.45) is 0 Å². The predicted octanol–water partition coefficient (Wildman–Crippen LogP) is 5.51. The quantitative estimate of drug-likeness (QED) is 0.163. The Morgan fingerprint density at radius 1 is 0.966 bits per heavy atom. The maximum absolute atomic E-state index is 14.0. The van der Waals surface area contributed by atoms with E-state index in [1.165, 1.54) is 12.5 Å². The average Bonchev–Trinajstić information content (AvgIpc) is 2.61. The molecule has 0 aliphatic rings. The van der Waals surface area contributed by atoms with E-state index in [-0.39, 0.29) is 17.6 Å². The molecule has 0 heterocycles. The summed E-state index contributed by atoms with van der Waals surface area (Å²) < 4.78 is 64.6. The predicted molar refractivity (Wildman–Crippen MR) is 99.3 cm³/mol. The molecule has 29 heavy (non-hydrogen) atoms. The topological polar surface area (TPSA) is 52.6 Å². The summed E-state index contributed by atoms with van der Waals surface area (Å²) in [5.74, 6) is -8.26. The second kappa shape index (κ2) is 10.2. The Morgan fingerprint density at radius 2 is 1.48 bits per heavy atom. The molecule has 0 aliphatic heterocycles. The molecule has 2 rings (SSSR count). The molecule has 0 amide bonds. The smallest absolute Gasteiger partial charge is 0.338 e. The molecule has 0 N–H and O–H groups in total. The van der Waals surface area contributed by atoms with Crippen LogP contribution in [0.5, 0.6) is 11.5 Å². The largest absolute Gasteiger partial charge is 0.425 e. The Kier molecular flexibility index (Phi) is 8.32. The van der Waals surface area contributed by atoms with Crippen LogP contribution >= 0.6 is 0 Å². The highest BCUT2D eigenvalue weighted by Crippen LogP contribution is 2.33. The molecule has 0 spiro atoms. The third-order valence-electron chi connectivity index (χ3n) is 3.07. The molecule has 154 valence electrons. The van der Waals surface area contributed by atoms with Gasteiger partial charge in [-0.15, -0.1) is 6.58 Å². The number of benzene rings is 2. The van der Waals surface area contributed by atoms with Crippen molar-refractivity contribution in [3.05, 3.63) is 71.8 Å². The van der Waals surface area contributed by atoms with Crippen LogP contribution in [0.4, 0.5) is 17.6 Å². The zero-order chi connectivity index (χ0) is 22.3. The van der Waals surface area contributed by atoms with Crippen molar-refractivity contribution in [3.63, 3.8) is 0 Å². The minimum Gasteiger partial charge on any atom is -0.425 e. The van der Waals surface area contributed by atoms with Crippen LogP contribution in [0.1, 0.15) is 20.8 Å². The first-order chi connectivity index (χ1) is 13.5. The highest BCUT2D eigenvalue weighted by molar-refractivity contribution is 5.89. The molecule has 4 nitrogen and oxygen atoms in total. The third-order valence-corrected chi connectivity index (χ3v) is 3.07. The number of rotatable bonds is 5. The Hall–Kier alpha value is -3.42. The number of hydrogen-bond acceptors (Lipinski definition) is 4. The van der Waals surface area contributed by atoms with Gasteiger partial charge < -0.3 is 9.47 Å². The molecule has 0 fully saturated rings. The van der Waals surface area contributed by atoms with Gasteiger partial charge in [0.1, 0.15) is 0 Å². The first-order valence-electron chi connectivity index (χ1n) is 8.07. The maximum atomic E-state index is 14.0. The van der Waals surface area contributed by atoms with Crippen LogP contribution in [0.25, 0.3) is 11.1 Å². The lowest BCUT2D eigenvalue weighted by molar-refractivity contribution is -0.130. The van der Waals surface area contributed by atoms with E-state index in [2.05, 4.69) is 22.6 Å². The summed E-state index contributed by atoms with van der Waals surface area (Å²) in [5.41, 5.74) is 0.257. The molecular formula is C21H18F4O4. The monoisotopic (exact) mass is 410 g/mol. The van der Waals surface area contributed by atoms with E-state index in [0.717, 1.165) is 12.1 Å². The molecule has 0 saturated heterocycles. The fourth-order valence-electron chi connectivity index (χ4n) is 1.89. The zero-order valence-electron chi connectivity index (χ0n) is 15.9. The van der Waals surface area contributed by atoms with Crippen molar-refractivity contribution in [3.8, 4) is 22.6 Å². The summed E-state index contributed by atoms with van der Waals surface area (Å²) in [4.78, 5) is 21.6. The first kappa shape index (κ1) is 23.6. The summed E-state index contributed by atoms with van der Waals surface area (Å²) in [6.45, 7) is 12.0. The maximum Gasteiger partial charge on any atom is 0.338 e. The van der Waals surface area contributed by atoms with E-state index in [1.807, 2.05) is 13.8 Å². The zero-order valence-corrected chi connectivity index (χ0v) is 15.9. The highest BCUT2D eigenvalue weighted by Gasteiger charge is 2.21. The second-order valence-corrected chi connectivity index (χ2v) is 6.10. The van der Waals surface area contributed by atoms with Gasteiger partial charge in [0, 0.05) is 11.1 Å². The second-order valence-electron chi connectivity index (χ2n) is 6.10. The lowest BCUT2D eigenvalue weighted by Crippen LogP contribution is -2.11. The summed E-state index contributed by atoms with van der Waals surface area (Å²) in [5, 5.41) is 0. The average molecular weight is 410 g/mol. The molecule has 0 bridgehead atoms. The molecular weight excluding hydrogens is 392 g/mol. The number of hydrogen-bond donors (Lipinski definition) is 0. The highest BCUT2D eigenvalue weighted by atomic mass is 19.2. The summed E-state index contributed by atoms with van der Waals surface area (Å²) >= 11 is 0. The SMILES string of the molecule is C=C(C)C.C=C(C)C(=O)Oc1c(F)cc(-c2ccc(OC=O)c(F)c2F)cc1F. The van der Waals surface area contributed by atoms with Crippen LogP contribution < -0.4 is 9.47 Å². The molecule has 0 unspecified atom stereocenters. The minimum absolute atomic E-state index is 0.0817. The van der Waals surface area contributed by atoms with Gasteiger partial charge in [-0.2, -0.15) is 4.39 Å². The molecule has 0 atom stereocenters. The van der Waals surface area contributed by atoms with E-state index in [0.29, 0.717) is 12.1 Å². The van der Waals surface area contributed by atoms with Crippen molar-refractivity contribution in [1.29, 1.82) is 0 Å². The molecule has 8 heteroatoms. The van der Waals surface area contributed by atoms with Crippen LogP contribution in [0.2, 0.25) is 0 Å². The standard InChI is InChI=1S/C17H10F4O4.C4H8/c1-8(2)17(23)25-16-11(18)5-9(6-12(16)19)10-3-4-13(24-7-22)15(21)14(10)20;1-4(2)3/h3-7H,1H2,2H3;1H2,2-3H3. The van der Waals surface area contributed by atoms with E-state index in [4.69, 9.17) is 0 Å². The number of ether oxygens (including phenoxy) is 2. The van der Waals surface area contributed by atoms with Crippen molar-refractivity contribution in [2.45, 2.75) is 20.8 Å². The number of allylic oxidation sites excluding steroid dienone is 1. The van der Waals surface area contributed by atoms with Gasteiger partial charge in [-0.25, -0.2) is 18.0 Å². The number of esters is 1. The van der Waals surface area contributed by atoms with Crippen LogP contribution in [-0.4, -0.2) is 12.4 Å². The van der Waals surface area contributed by atoms with Crippen LogP contribution in [0.15, 0.2) is 48.6 Å². The van der Waals surface area contributed by atoms with Gasteiger partial charge >= 0.3 is 5.97 Å². The van der Waals surface area contributed by atoms with E-state index in [1.54, 1.807) is 0 Å². The lowest BCUT2D eigenvalue weighted by Gasteiger charge is -2.10. The van der Waals surface area contributed by atoms with Gasteiger partial charge in [0.2, 0.25) is 11.6 Å². The first-order valence-corrected chi connectivity index (χ1v) is 8.07. The van der Waals surface area contributed by atoms with Gasteiger partial charge in [-0.1, -0.05) is 12.2 Å². The number of carbonyl (C=O) groups excluding carboxylic acids is 2. The molecule has 0 aliphatic carbocycles. The Morgan fingerprint density at radius 3 is 1.93 bits per heavy atom. The normalized spacial score (nSPS) is 9.76. The van der Waals surface area contributed by atoms with Crippen LogP contribution in [-0.2, 0) is 9.59 Å². The van der Waals surface area contributed by atoms with Gasteiger partial charge in [0.25, 0.3) is 6.47 Å². The lowest BCUT2D eigenvalue weighted by atomic mass is 10.0. The summed E-state index contributed by atoms with van der Waals surface area (Å²) in [7, 11) is 0. The van der Waals surface area contributed by atoms with Gasteiger partial charge in [0.05, 0.1) is 0 Å². The van der Waals surface area contributed by atoms with E-state index < -0.39 is 46.3 Å². The molecule has 0 saturated carbocycles. The van der Waals surface area contributed by atoms with Crippen LogP contribution in [0.3, 0.4) is 0 Å². The van der Waals surface area contributed by atoms with Gasteiger partial charge in [-0.3, -0.25) is 4.79 Å². The fraction of sp³-hybridized carbons (Fsp3) is 0.143. The van der Waals surface area contributed by atoms with Crippen molar-refractivity contribution in [2.75, 3.05) is 0 Å². The van der Waals surface area contributed by atoms with Gasteiger partial charge in [-0.05, 0) is 50.6 Å². The number of halogens is 4. The van der Waals surface area contributed by atoms with Crippen molar-refractivity contribution < 1.29 is 36.6 Å². The number of carbonyl (C=O) groups is 2. The van der Waals surface area contributed by atoms with E-state index >= 15 is 0 Å². The summed E-state index contributed by atoms with van der Waals surface area (Å²) in [6, 6.07) is 3.24. The molecule has 0 radical (unpaired) electrons. The Labute approximate surface area is 165 Å². The van der Waals surface area contributed by atoms with E-state index in [9.17, 15) is 27.2 Å². The minimum atomic E-state index is -1.50. The fourth-order valence-corrected chi connectivity index (χ4v) is 1.89.